The zero-order valence-electron chi connectivity index (χ0n) is 12.5. The first kappa shape index (κ1) is 16.6. The summed E-state index contributed by atoms with van der Waals surface area (Å²) in [4.78, 5) is 23.2. The third kappa shape index (κ3) is 7.00. The lowest BCUT2D eigenvalue weighted by Gasteiger charge is -2.19. The summed E-state index contributed by atoms with van der Waals surface area (Å²) in [5.41, 5.74) is 0.148. The first-order valence-corrected chi connectivity index (χ1v) is 6.56. The normalized spacial score (nSPS) is 10.4. The Bertz CT molecular complexity index is 521. The molecule has 0 aliphatic heterocycles. The third-order valence-electron chi connectivity index (χ3n) is 2.19. The van der Waals surface area contributed by atoms with E-state index in [1.54, 1.807) is 30.3 Å². The number of rotatable bonds is 4. The molecule has 0 saturated carbocycles. The van der Waals surface area contributed by atoms with E-state index in [1.807, 2.05) is 20.8 Å². The van der Waals surface area contributed by atoms with Crippen LogP contribution in [0.1, 0.15) is 20.8 Å². The molecule has 1 aromatic rings. The maximum atomic E-state index is 11.7. The maximum Gasteiger partial charge on any atom is 0.413 e. The van der Waals surface area contributed by atoms with E-state index < -0.39 is 6.09 Å². The van der Waals surface area contributed by atoms with Crippen molar-refractivity contribution in [3.8, 4) is 5.75 Å². The second-order valence-electron chi connectivity index (χ2n) is 5.42. The van der Waals surface area contributed by atoms with E-state index in [0.717, 1.165) is 0 Å². The van der Waals surface area contributed by atoms with Crippen molar-refractivity contribution in [2.24, 2.45) is 0 Å². The molecule has 0 unspecified atom stereocenters. The van der Waals surface area contributed by atoms with Crippen LogP contribution in [0.4, 0.5) is 15.3 Å². The van der Waals surface area contributed by atoms with Crippen LogP contribution >= 0.6 is 0 Å². The summed E-state index contributed by atoms with van der Waals surface area (Å²) < 4.78 is 5.16. The Balaban J connectivity index is 2.62. The Kier molecular flexibility index (Phi) is 5.78. The number of carbonyl (C=O) groups is 2. The molecule has 0 spiro atoms. The maximum absolute atomic E-state index is 11.7. The lowest BCUT2D eigenvalue weighted by Crippen LogP contribution is -2.42. The molecule has 0 saturated heterocycles. The minimum absolute atomic E-state index is 0.346. The first-order chi connectivity index (χ1) is 9.80. The second-order valence-corrected chi connectivity index (χ2v) is 5.42. The summed E-state index contributed by atoms with van der Waals surface area (Å²) in [5.74, 6) is 0.346. The monoisotopic (exact) mass is 291 g/mol. The fourth-order valence-corrected chi connectivity index (χ4v) is 1.42. The molecule has 0 aliphatic rings. The number of hydrogen-bond acceptors (Lipinski definition) is 3. The van der Waals surface area contributed by atoms with Gasteiger partial charge in [0.2, 0.25) is 0 Å². The lowest BCUT2D eigenvalue weighted by molar-refractivity contribution is 0.190. The lowest BCUT2D eigenvalue weighted by atomic mass is 10.1. The highest BCUT2D eigenvalue weighted by molar-refractivity contribution is 5.89. The molecule has 3 N–H and O–H groups in total. The molecule has 3 amide bonds. The summed E-state index contributed by atoms with van der Waals surface area (Å²) in [5, 5.41) is 7.90. The summed E-state index contributed by atoms with van der Waals surface area (Å²) in [7, 11) is 0. The molecule has 0 heterocycles. The number of benzene rings is 1. The summed E-state index contributed by atoms with van der Waals surface area (Å²) in [6.07, 6.45) is 1.03. The van der Waals surface area contributed by atoms with E-state index in [0.29, 0.717) is 18.0 Å². The van der Waals surface area contributed by atoms with Gasteiger partial charge < -0.3 is 20.7 Å². The molecule has 21 heavy (non-hydrogen) atoms. The zero-order chi connectivity index (χ0) is 15.9. The summed E-state index contributed by atoms with van der Waals surface area (Å²) in [6.45, 7) is 9.45. The van der Waals surface area contributed by atoms with Gasteiger partial charge >= 0.3 is 12.1 Å². The van der Waals surface area contributed by atoms with Crippen LogP contribution in [0.5, 0.6) is 5.75 Å². The van der Waals surface area contributed by atoms with E-state index in [2.05, 4.69) is 22.5 Å². The number of carbonyl (C=O) groups excluding carboxylic acids is 2. The molecule has 0 fully saturated rings. The quantitative estimate of drug-likeness (QED) is 0.746. The van der Waals surface area contributed by atoms with E-state index in [4.69, 9.17) is 4.74 Å². The van der Waals surface area contributed by atoms with Gasteiger partial charge in [0.05, 0.1) is 0 Å². The van der Waals surface area contributed by atoms with E-state index in [9.17, 15) is 9.59 Å². The average molecular weight is 291 g/mol. The van der Waals surface area contributed by atoms with Crippen molar-refractivity contribution in [1.29, 1.82) is 0 Å². The first-order valence-electron chi connectivity index (χ1n) is 6.56. The highest BCUT2D eigenvalue weighted by Gasteiger charge is 2.15. The van der Waals surface area contributed by atoms with Crippen LogP contribution in [-0.4, -0.2) is 24.2 Å². The molecule has 1 aromatic carbocycles. The van der Waals surface area contributed by atoms with Crippen LogP contribution in [0.15, 0.2) is 36.9 Å². The van der Waals surface area contributed by atoms with Crippen molar-refractivity contribution < 1.29 is 14.3 Å². The Morgan fingerprint density at radius 2 is 2.05 bits per heavy atom. The Morgan fingerprint density at radius 3 is 2.67 bits per heavy atom. The number of ether oxygens (including phenoxy) is 1. The van der Waals surface area contributed by atoms with Crippen molar-refractivity contribution in [3.63, 3.8) is 0 Å². The predicted octanol–water partition coefficient (Wildman–Crippen LogP) is 2.88. The van der Waals surface area contributed by atoms with E-state index in [1.165, 1.54) is 0 Å². The van der Waals surface area contributed by atoms with Gasteiger partial charge in [-0.3, -0.25) is 0 Å². The van der Waals surface area contributed by atoms with Gasteiger partial charge in [0, 0.05) is 23.8 Å². The largest absolute Gasteiger partial charge is 0.413 e. The van der Waals surface area contributed by atoms with Gasteiger partial charge in [-0.2, -0.15) is 0 Å². The minimum Gasteiger partial charge on any atom is -0.410 e. The van der Waals surface area contributed by atoms with Crippen LogP contribution in [0.3, 0.4) is 0 Å². The molecular weight excluding hydrogens is 270 g/mol. The molecule has 0 atom stereocenters. The number of anilines is 1. The Labute approximate surface area is 124 Å². The Hall–Kier alpha value is -2.50. The fraction of sp³-hybridized carbons (Fsp3) is 0.333. The van der Waals surface area contributed by atoms with Crippen molar-refractivity contribution >= 4 is 17.8 Å². The number of nitrogens with one attached hydrogen (secondary N) is 3. The number of amides is 3. The molecule has 1 rings (SSSR count). The van der Waals surface area contributed by atoms with Crippen LogP contribution in [-0.2, 0) is 0 Å². The summed E-state index contributed by atoms with van der Waals surface area (Å²) in [6, 6.07) is 6.22. The summed E-state index contributed by atoms with van der Waals surface area (Å²) >= 11 is 0. The van der Waals surface area contributed by atoms with Crippen molar-refractivity contribution in [2.45, 2.75) is 26.3 Å². The molecular formula is C15H21N3O3. The molecule has 6 heteroatoms. The molecule has 0 aliphatic carbocycles. The third-order valence-corrected chi connectivity index (χ3v) is 2.19. The molecule has 0 radical (unpaired) electrons. The standard InChI is InChI=1S/C15H21N3O3/c1-5-9-16-13(19)17-11-7-6-8-12(10-11)21-14(20)18-15(2,3)4/h5-8,10H,1,9H2,2-4H3,(H,18,20)(H2,16,17,19). The van der Waals surface area contributed by atoms with Crippen LogP contribution in [0.2, 0.25) is 0 Å². The zero-order valence-corrected chi connectivity index (χ0v) is 12.5. The van der Waals surface area contributed by atoms with Crippen molar-refractivity contribution in [2.75, 3.05) is 11.9 Å². The highest BCUT2D eigenvalue weighted by atomic mass is 16.6. The van der Waals surface area contributed by atoms with Crippen molar-refractivity contribution in [1.82, 2.24) is 10.6 Å². The fourth-order valence-electron chi connectivity index (χ4n) is 1.42. The molecule has 114 valence electrons. The van der Waals surface area contributed by atoms with Gasteiger partial charge in [0.1, 0.15) is 5.75 Å². The SMILES string of the molecule is C=CCNC(=O)Nc1cccc(OC(=O)NC(C)(C)C)c1. The van der Waals surface area contributed by atoms with Gasteiger partial charge in [0.15, 0.2) is 0 Å². The second kappa shape index (κ2) is 7.33. The Morgan fingerprint density at radius 1 is 1.33 bits per heavy atom. The van der Waals surface area contributed by atoms with Crippen LogP contribution < -0.4 is 20.7 Å². The molecule has 0 bridgehead atoms. The topological polar surface area (TPSA) is 79.5 Å². The van der Waals surface area contributed by atoms with Gasteiger partial charge in [-0.15, -0.1) is 6.58 Å². The molecule has 6 nitrogen and oxygen atoms in total. The van der Waals surface area contributed by atoms with Gasteiger partial charge in [-0.1, -0.05) is 12.1 Å². The van der Waals surface area contributed by atoms with Crippen LogP contribution in [0.25, 0.3) is 0 Å². The van der Waals surface area contributed by atoms with Gasteiger partial charge in [0.25, 0.3) is 0 Å². The van der Waals surface area contributed by atoms with Crippen molar-refractivity contribution in [3.05, 3.63) is 36.9 Å². The smallest absolute Gasteiger partial charge is 0.410 e. The number of urea groups is 1. The average Bonchev–Trinajstić information content (AvgIpc) is 2.34. The number of hydrogen-bond donors (Lipinski definition) is 3. The van der Waals surface area contributed by atoms with E-state index in [-0.39, 0.29) is 11.6 Å². The molecule has 0 aromatic heterocycles. The van der Waals surface area contributed by atoms with Gasteiger partial charge in [-0.25, -0.2) is 9.59 Å². The van der Waals surface area contributed by atoms with Gasteiger partial charge in [-0.05, 0) is 32.9 Å². The minimum atomic E-state index is -0.546. The van der Waals surface area contributed by atoms with E-state index >= 15 is 0 Å². The predicted molar refractivity (Wildman–Crippen MR) is 82.6 cm³/mol. The van der Waals surface area contributed by atoms with Crippen LogP contribution in [0, 0.1) is 0 Å². The highest BCUT2D eigenvalue weighted by Crippen LogP contribution is 2.17.